The first-order valence-electron chi connectivity index (χ1n) is 11.7. The van der Waals surface area contributed by atoms with Gasteiger partial charge in [0.15, 0.2) is 0 Å². The molecule has 3 rings (SSSR count). The molecule has 2 heterocycles. The summed E-state index contributed by atoms with van der Waals surface area (Å²) >= 11 is 0. The number of rotatable bonds is 8. The maximum absolute atomic E-state index is 12.4. The van der Waals surface area contributed by atoms with Crippen LogP contribution in [-0.2, 0) is 0 Å². The van der Waals surface area contributed by atoms with Crippen LogP contribution in [0.5, 0.6) is 0 Å². The minimum Gasteiger partial charge on any atom is -0.336 e. The molecule has 8 heteroatoms. The van der Waals surface area contributed by atoms with Crippen molar-refractivity contribution in [2.24, 2.45) is 0 Å². The molecule has 0 unspecified atom stereocenters. The number of nitrogens with zero attached hydrogens (tertiary/aromatic N) is 2. The van der Waals surface area contributed by atoms with Crippen LogP contribution in [0.3, 0.4) is 0 Å². The first-order chi connectivity index (χ1) is 15.0. The van der Waals surface area contributed by atoms with Crippen LogP contribution < -0.4 is 21.3 Å². The third-order valence-corrected chi connectivity index (χ3v) is 6.55. The van der Waals surface area contributed by atoms with Gasteiger partial charge in [0.2, 0.25) is 0 Å². The number of urea groups is 2. The third-order valence-electron chi connectivity index (χ3n) is 6.55. The molecule has 4 amide bonds. The van der Waals surface area contributed by atoms with E-state index in [0.717, 1.165) is 44.6 Å². The fourth-order valence-corrected chi connectivity index (χ4v) is 4.68. The fraction of sp³-hybridized carbons (Fsp3) is 0.652. The first-order valence-corrected chi connectivity index (χ1v) is 11.7. The van der Waals surface area contributed by atoms with Crippen molar-refractivity contribution in [2.45, 2.75) is 58.5 Å². The summed E-state index contributed by atoms with van der Waals surface area (Å²) in [5, 5.41) is 11.8. The molecule has 2 aliphatic rings. The van der Waals surface area contributed by atoms with E-state index in [4.69, 9.17) is 0 Å². The lowest BCUT2D eigenvalue weighted by Gasteiger charge is -2.23. The molecule has 2 saturated heterocycles. The molecule has 0 radical (unpaired) electrons. The zero-order valence-electron chi connectivity index (χ0n) is 19.2. The van der Waals surface area contributed by atoms with Gasteiger partial charge < -0.3 is 21.3 Å². The summed E-state index contributed by atoms with van der Waals surface area (Å²) in [5.41, 5.74) is 2.30. The Morgan fingerprint density at radius 1 is 0.903 bits per heavy atom. The summed E-state index contributed by atoms with van der Waals surface area (Å²) in [5.74, 6) is 0. The molecule has 8 nitrogen and oxygen atoms in total. The van der Waals surface area contributed by atoms with Crippen molar-refractivity contribution in [3.8, 4) is 0 Å². The third kappa shape index (κ3) is 6.58. The lowest BCUT2D eigenvalue weighted by molar-refractivity contribution is 0.237. The van der Waals surface area contributed by atoms with E-state index in [-0.39, 0.29) is 12.1 Å². The number of aryl methyl sites for hydroxylation is 1. The zero-order chi connectivity index (χ0) is 22.2. The molecular weight excluding hydrogens is 392 g/mol. The van der Waals surface area contributed by atoms with Crippen LogP contribution in [0.2, 0.25) is 0 Å². The molecule has 0 aromatic heterocycles. The normalized spacial score (nSPS) is 21.8. The number of hydrogen-bond donors (Lipinski definition) is 4. The molecule has 172 valence electrons. The van der Waals surface area contributed by atoms with Crippen LogP contribution in [-0.4, -0.2) is 73.2 Å². The highest BCUT2D eigenvalue weighted by Crippen LogP contribution is 2.21. The smallest absolute Gasteiger partial charge is 0.319 e. The van der Waals surface area contributed by atoms with Crippen molar-refractivity contribution in [1.82, 2.24) is 20.4 Å². The van der Waals surface area contributed by atoms with E-state index in [1.165, 1.54) is 12.8 Å². The number of hydrogen-bond acceptors (Lipinski definition) is 4. The molecular formula is C23H38N6O2. The number of amides is 4. The molecule has 2 atom stereocenters. The lowest BCUT2D eigenvalue weighted by atomic mass is 10.2. The minimum atomic E-state index is -0.219. The van der Waals surface area contributed by atoms with Gasteiger partial charge in [0.05, 0.1) is 0 Å². The Labute approximate surface area is 186 Å². The summed E-state index contributed by atoms with van der Waals surface area (Å²) in [6.45, 7) is 11.8. The second-order valence-corrected chi connectivity index (χ2v) is 8.55. The van der Waals surface area contributed by atoms with Crippen LogP contribution in [0.4, 0.5) is 21.0 Å². The Morgan fingerprint density at radius 3 is 2.00 bits per heavy atom. The van der Waals surface area contributed by atoms with Crippen LogP contribution in [0.1, 0.15) is 45.1 Å². The largest absolute Gasteiger partial charge is 0.336 e. The Balaban J connectivity index is 1.47. The van der Waals surface area contributed by atoms with Gasteiger partial charge in [-0.2, -0.15) is 0 Å². The molecule has 0 spiro atoms. The highest BCUT2D eigenvalue weighted by atomic mass is 16.2. The fourth-order valence-electron chi connectivity index (χ4n) is 4.68. The van der Waals surface area contributed by atoms with Crippen LogP contribution in [0, 0.1) is 6.92 Å². The van der Waals surface area contributed by atoms with Crippen LogP contribution in [0.15, 0.2) is 18.2 Å². The Morgan fingerprint density at radius 2 is 1.45 bits per heavy atom. The van der Waals surface area contributed by atoms with Gasteiger partial charge in [0, 0.05) is 36.5 Å². The van der Waals surface area contributed by atoms with Crippen molar-refractivity contribution < 1.29 is 9.59 Å². The standard InChI is InChI=1S/C23H38N6O2/c1-4-28-12-6-8-19(28)15-24-22(30)26-18-11-10-17(3)21(14-18)27-23(31)25-16-20-9-7-13-29(20)5-2/h10-11,14,19-20H,4-9,12-13,15-16H2,1-3H3,(H2,24,26,30)(H2,25,27,31)/t19-,20+/m1/s1. The van der Waals surface area contributed by atoms with Gasteiger partial charge in [-0.05, 0) is 76.5 Å². The van der Waals surface area contributed by atoms with Crippen molar-refractivity contribution in [3.05, 3.63) is 23.8 Å². The summed E-state index contributed by atoms with van der Waals surface area (Å²) in [7, 11) is 0. The van der Waals surface area contributed by atoms with Crippen molar-refractivity contribution >= 4 is 23.4 Å². The first kappa shape index (κ1) is 23.3. The van der Waals surface area contributed by atoms with Crippen LogP contribution in [0.25, 0.3) is 0 Å². The second kappa shape index (κ2) is 11.3. The minimum absolute atomic E-state index is 0.214. The van der Waals surface area contributed by atoms with Gasteiger partial charge >= 0.3 is 12.1 Å². The quantitative estimate of drug-likeness (QED) is 0.510. The Hall–Kier alpha value is -2.32. The molecule has 0 aliphatic carbocycles. The number of carbonyl (C=O) groups is 2. The molecule has 1 aromatic carbocycles. The Kier molecular flexibility index (Phi) is 8.54. The van der Waals surface area contributed by atoms with E-state index in [1.807, 2.05) is 19.1 Å². The highest BCUT2D eigenvalue weighted by Gasteiger charge is 2.24. The maximum Gasteiger partial charge on any atom is 0.319 e. The van der Waals surface area contributed by atoms with Gasteiger partial charge in [-0.25, -0.2) is 9.59 Å². The van der Waals surface area contributed by atoms with Gasteiger partial charge in [0.1, 0.15) is 0 Å². The van der Waals surface area contributed by atoms with E-state index in [2.05, 4.69) is 44.9 Å². The van der Waals surface area contributed by atoms with Crippen LogP contribution >= 0.6 is 0 Å². The van der Waals surface area contributed by atoms with Gasteiger partial charge in [-0.1, -0.05) is 19.9 Å². The van der Waals surface area contributed by atoms with E-state index < -0.39 is 0 Å². The average Bonchev–Trinajstić information content (AvgIpc) is 3.41. The maximum atomic E-state index is 12.4. The molecule has 1 aromatic rings. The molecule has 2 fully saturated rings. The number of carbonyl (C=O) groups excluding carboxylic acids is 2. The molecule has 31 heavy (non-hydrogen) atoms. The number of likely N-dealkylation sites (N-methyl/N-ethyl adjacent to an activating group) is 2. The molecule has 0 saturated carbocycles. The SMILES string of the molecule is CCN1CCC[C@@H]1CNC(=O)Nc1ccc(C)c(NC(=O)NC[C@@H]2CCCN2CC)c1. The molecule has 2 aliphatic heterocycles. The van der Waals surface area contributed by atoms with Crippen molar-refractivity contribution in [3.63, 3.8) is 0 Å². The average molecular weight is 431 g/mol. The number of anilines is 2. The summed E-state index contributed by atoms with van der Waals surface area (Å²) < 4.78 is 0. The number of nitrogens with one attached hydrogen (secondary N) is 4. The Bertz CT molecular complexity index is 756. The summed E-state index contributed by atoms with van der Waals surface area (Å²) in [6, 6.07) is 5.95. The number of benzene rings is 1. The molecule has 4 N–H and O–H groups in total. The predicted molar refractivity (Wildman–Crippen MR) is 126 cm³/mol. The van der Waals surface area contributed by atoms with E-state index in [1.54, 1.807) is 6.07 Å². The zero-order valence-corrected chi connectivity index (χ0v) is 19.2. The van der Waals surface area contributed by atoms with E-state index >= 15 is 0 Å². The topological polar surface area (TPSA) is 88.7 Å². The van der Waals surface area contributed by atoms with Crippen molar-refractivity contribution in [2.75, 3.05) is 49.9 Å². The second-order valence-electron chi connectivity index (χ2n) is 8.55. The predicted octanol–water partition coefficient (Wildman–Crippen LogP) is 3.21. The summed E-state index contributed by atoms with van der Waals surface area (Å²) in [6.07, 6.45) is 4.62. The van der Waals surface area contributed by atoms with E-state index in [0.29, 0.717) is 36.5 Å². The summed E-state index contributed by atoms with van der Waals surface area (Å²) in [4.78, 5) is 29.6. The molecule has 0 bridgehead atoms. The van der Waals surface area contributed by atoms with E-state index in [9.17, 15) is 9.59 Å². The van der Waals surface area contributed by atoms with Gasteiger partial charge in [-0.3, -0.25) is 9.80 Å². The monoisotopic (exact) mass is 430 g/mol. The number of likely N-dealkylation sites (tertiary alicyclic amines) is 2. The van der Waals surface area contributed by atoms with Gasteiger partial charge in [0.25, 0.3) is 0 Å². The van der Waals surface area contributed by atoms with Gasteiger partial charge in [-0.15, -0.1) is 0 Å². The van der Waals surface area contributed by atoms with Crippen molar-refractivity contribution in [1.29, 1.82) is 0 Å². The highest BCUT2D eigenvalue weighted by molar-refractivity contribution is 5.93. The lowest BCUT2D eigenvalue weighted by Crippen LogP contribution is -2.41.